The minimum Gasteiger partial charge on any atom is -0.481 e. The minimum absolute atomic E-state index is 0.128. The largest absolute Gasteiger partial charge is 0.481 e. The first-order valence-corrected chi connectivity index (χ1v) is 9.32. The van der Waals surface area contributed by atoms with Crippen molar-refractivity contribution < 1.29 is 19.5 Å². The number of aliphatic carboxylic acids is 1. The minimum atomic E-state index is -0.802. The summed E-state index contributed by atoms with van der Waals surface area (Å²) < 4.78 is 0.544. The number of carboxylic acids is 1. The number of anilines is 1. The van der Waals surface area contributed by atoms with Crippen molar-refractivity contribution in [2.75, 3.05) is 18.4 Å². The summed E-state index contributed by atoms with van der Waals surface area (Å²) in [6.07, 6.45) is 0.942. The van der Waals surface area contributed by atoms with Gasteiger partial charge in [-0.05, 0) is 49.2 Å². The second kappa shape index (κ2) is 7.88. The molecule has 2 aromatic rings. The lowest BCUT2D eigenvalue weighted by atomic mass is 9.96. The quantitative estimate of drug-likeness (QED) is 0.832. The molecule has 3 rings (SSSR count). The number of hydrogen-bond acceptors (Lipinski definition) is 4. The van der Waals surface area contributed by atoms with E-state index < -0.39 is 5.97 Å². The molecule has 0 radical (unpaired) electrons. The first-order valence-electron chi connectivity index (χ1n) is 8.13. The molecule has 1 fully saturated rings. The summed E-state index contributed by atoms with van der Waals surface area (Å²) in [5, 5.41) is 11.8. The number of carboxylic acid groups (broad SMARTS) is 1. The molecule has 1 saturated heterocycles. The molecule has 26 heavy (non-hydrogen) atoms. The Morgan fingerprint density at radius 2 is 1.73 bits per heavy atom. The molecule has 1 aromatic carbocycles. The zero-order valence-corrected chi connectivity index (χ0v) is 15.3. The van der Waals surface area contributed by atoms with Crippen LogP contribution in [-0.2, 0) is 4.79 Å². The van der Waals surface area contributed by atoms with Gasteiger partial charge in [-0.3, -0.25) is 14.4 Å². The van der Waals surface area contributed by atoms with Crippen LogP contribution in [0, 0.1) is 5.92 Å². The number of likely N-dealkylation sites (tertiary alicyclic amines) is 1. The van der Waals surface area contributed by atoms with Crippen LogP contribution in [-0.4, -0.2) is 40.9 Å². The van der Waals surface area contributed by atoms with Crippen molar-refractivity contribution in [2.45, 2.75) is 12.8 Å². The summed E-state index contributed by atoms with van der Waals surface area (Å²) in [4.78, 5) is 37.8. The molecule has 2 amide bonds. The average Bonchev–Trinajstić information content (AvgIpc) is 3.08. The fourth-order valence-corrected chi connectivity index (χ4v) is 3.78. The zero-order chi connectivity index (χ0) is 18.7. The standard InChI is InChI=1S/C18H17ClN2O4S/c19-15-6-5-14(26-15)16(22)20-13-3-1-11(2-4-13)17(23)21-9-7-12(8-10-21)18(24)25/h1-6,12H,7-10H2,(H,20,22)(H,24,25). The van der Waals surface area contributed by atoms with Crippen molar-refractivity contribution in [3.8, 4) is 0 Å². The lowest BCUT2D eigenvalue weighted by molar-refractivity contribution is -0.143. The van der Waals surface area contributed by atoms with E-state index in [9.17, 15) is 14.4 Å². The van der Waals surface area contributed by atoms with Crippen molar-refractivity contribution in [3.63, 3.8) is 0 Å². The maximum Gasteiger partial charge on any atom is 0.306 e. The Kier molecular flexibility index (Phi) is 5.58. The molecule has 0 unspecified atom stereocenters. The molecule has 6 nitrogen and oxygen atoms in total. The smallest absolute Gasteiger partial charge is 0.306 e. The van der Waals surface area contributed by atoms with Crippen LogP contribution in [0.15, 0.2) is 36.4 Å². The number of nitrogens with zero attached hydrogens (tertiary/aromatic N) is 1. The van der Waals surface area contributed by atoms with E-state index in [4.69, 9.17) is 16.7 Å². The Labute approximate surface area is 159 Å². The third-order valence-corrected chi connectivity index (χ3v) is 5.55. The van der Waals surface area contributed by atoms with Gasteiger partial charge in [0.2, 0.25) is 0 Å². The normalized spacial score (nSPS) is 14.9. The van der Waals surface area contributed by atoms with Gasteiger partial charge in [0.25, 0.3) is 11.8 Å². The van der Waals surface area contributed by atoms with E-state index in [1.165, 1.54) is 11.3 Å². The van der Waals surface area contributed by atoms with Gasteiger partial charge in [-0.25, -0.2) is 0 Å². The fourth-order valence-electron chi connectivity index (χ4n) is 2.84. The molecule has 1 aliphatic heterocycles. The van der Waals surface area contributed by atoms with Crippen molar-refractivity contribution in [3.05, 3.63) is 51.2 Å². The van der Waals surface area contributed by atoms with Crippen LogP contribution in [0.5, 0.6) is 0 Å². The summed E-state index contributed by atoms with van der Waals surface area (Å²) in [7, 11) is 0. The second-order valence-corrected chi connectivity index (χ2v) is 7.76. The molecule has 0 spiro atoms. The molecular formula is C18H17ClN2O4S. The predicted octanol–water partition coefficient (Wildman–Crippen LogP) is 3.59. The number of piperidine rings is 1. The van der Waals surface area contributed by atoms with Gasteiger partial charge in [-0.1, -0.05) is 11.6 Å². The third kappa shape index (κ3) is 4.23. The third-order valence-electron chi connectivity index (χ3n) is 4.32. The Hall–Kier alpha value is -2.38. The Bertz CT molecular complexity index is 826. The van der Waals surface area contributed by atoms with E-state index >= 15 is 0 Å². The maximum absolute atomic E-state index is 12.5. The summed E-state index contributed by atoms with van der Waals surface area (Å²) in [6, 6.07) is 9.97. The molecule has 1 aromatic heterocycles. The monoisotopic (exact) mass is 392 g/mol. The number of thiophene rings is 1. The molecule has 2 N–H and O–H groups in total. The highest BCUT2D eigenvalue weighted by Gasteiger charge is 2.27. The van der Waals surface area contributed by atoms with Crippen LogP contribution < -0.4 is 5.32 Å². The van der Waals surface area contributed by atoms with E-state index in [1.807, 2.05) is 0 Å². The van der Waals surface area contributed by atoms with Crippen molar-refractivity contribution in [1.82, 2.24) is 4.90 Å². The van der Waals surface area contributed by atoms with Crippen LogP contribution in [0.1, 0.15) is 32.9 Å². The van der Waals surface area contributed by atoms with Gasteiger partial charge >= 0.3 is 5.97 Å². The topological polar surface area (TPSA) is 86.7 Å². The Morgan fingerprint density at radius 3 is 2.27 bits per heavy atom. The number of nitrogens with one attached hydrogen (secondary N) is 1. The van der Waals surface area contributed by atoms with Crippen LogP contribution >= 0.6 is 22.9 Å². The lowest BCUT2D eigenvalue weighted by Crippen LogP contribution is -2.40. The van der Waals surface area contributed by atoms with Crippen molar-refractivity contribution in [2.24, 2.45) is 5.92 Å². The van der Waals surface area contributed by atoms with Gasteiger partial charge in [0.1, 0.15) is 0 Å². The van der Waals surface area contributed by atoms with Gasteiger partial charge in [-0.15, -0.1) is 11.3 Å². The van der Waals surface area contributed by atoms with Crippen LogP contribution in [0.4, 0.5) is 5.69 Å². The number of hydrogen-bond donors (Lipinski definition) is 2. The lowest BCUT2D eigenvalue weighted by Gasteiger charge is -2.30. The molecule has 2 heterocycles. The van der Waals surface area contributed by atoms with Crippen LogP contribution in [0.2, 0.25) is 4.34 Å². The summed E-state index contributed by atoms with van der Waals surface area (Å²) >= 11 is 7.02. The van der Waals surface area contributed by atoms with E-state index in [0.29, 0.717) is 46.4 Å². The molecule has 0 aliphatic carbocycles. The molecule has 0 atom stereocenters. The number of benzene rings is 1. The predicted molar refractivity (Wildman–Crippen MR) is 100.0 cm³/mol. The highest BCUT2D eigenvalue weighted by Crippen LogP contribution is 2.23. The molecule has 136 valence electrons. The molecular weight excluding hydrogens is 376 g/mol. The highest BCUT2D eigenvalue weighted by molar-refractivity contribution is 7.18. The number of rotatable bonds is 4. The van der Waals surface area contributed by atoms with Gasteiger partial charge in [-0.2, -0.15) is 0 Å². The number of halogens is 1. The van der Waals surface area contributed by atoms with Crippen LogP contribution in [0.25, 0.3) is 0 Å². The number of carbonyl (C=O) groups excluding carboxylic acids is 2. The van der Waals surface area contributed by atoms with Gasteiger partial charge < -0.3 is 15.3 Å². The Morgan fingerprint density at radius 1 is 1.08 bits per heavy atom. The zero-order valence-electron chi connectivity index (χ0n) is 13.8. The van der Waals surface area contributed by atoms with Gasteiger partial charge in [0, 0.05) is 24.3 Å². The number of amides is 2. The summed E-state index contributed by atoms with van der Waals surface area (Å²) in [5.41, 5.74) is 1.09. The molecule has 1 aliphatic rings. The fraction of sp³-hybridized carbons (Fsp3) is 0.278. The molecule has 0 bridgehead atoms. The van der Waals surface area contributed by atoms with Crippen LogP contribution in [0.3, 0.4) is 0 Å². The second-order valence-electron chi connectivity index (χ2n) is 6.04. The number of carbonyl (C=O) groups is 3. The van der Waals surface area contributed by atoms with Gasteiger partial charge in [0.05, 0.1) is 15.1 Å². The van der Waals surface area contributed by atoms with E-state index in [0.717, 1.165) is 0 Å². The maximum atomic E-state index is 12.5. The van der Waals surface area contributed by atoms with Crippen molar-refractivity contribution in [1.29, 1.82) is 0 Å². The van der Waals surface area contributed by atoms with Gasteiger partial charge in [0.15, 0.2) is 0 Å². The van der Waals surface area contributed by atoms with E-state index in [1.54, 1.807) is 41.3 Å². The average molecular weight is 393 g/mol. The van der Waals surface area contributed by atoms with E-state index in [-0.39, 0.29) is 17.7 Å². The van der Waals surface area contributed by atoms with Crippen molar-refractivity contribution >= 4 is 46.4 Å². The highest BCUT2D eigenvalue weighted by atomic mass is 35.5. The van der Waals surface area contributed by atoms with E-state index in [2.05, 4.69) is 5.32 Å². The molecule has 0 saturated carbocycles. The molecule has 8 heteroatoms. The first-order chi connectivity index (χ1) is 12.4. The summed E-state index contributed by atoms with van der Waals surface area (Å²) in [5.74, 6) is -1.56. The SMILES string of the molecule is O=C(Nc1ccc(C(=O)N2CCC(C(=O)O)CC2)cc1)c1ccc(Cl)s1. The first kappa shape index (κ1) is 18.4. The summed E-state index contributed by atoms with van der Waals surface area (Å²) in [6.45, 7) is 0.876. The Balaban J connectivity index is 1.59.